The summed E-state index contributed by atoms with van der Waals surface area (Å²) in [4.78, 5) is 3.67. The van der Waals surface area contributed by atoms with Gasteiger partial charge in [-0.2, -0.15) is 13.2 Å². The Balaban J connectivity index is 2.13. The molecular formula is C12H9F6N3. The van der Waals surface area contributed by atoms with Crippen molar-refractivity contribution >= 4 is 5.69 Å². The molecule has 0 saturated carbocycles. The first kappa shape index (κ1) is 15.2. The lowest BCUT2D eigenvalue weighted by Crippen LogP contribution is -2.20. The van der Waals surface area contributed by atoms with Gasteiger partial charge in [0.2, 0.25) is 0 Å². The molecule has 2 aromatic rings. The fourth-order valence-corrected chi connectivity index (χ4v) is 1.72. The predicted octanol–water partition coefficient (Wildman–Crippen LogP) is 3.47. The second-order valence-corrected chi connectivity index (χ2v) is 4.18. The number of hydrogen-bond donors (Lipinski definition) is 1. The molecule has 0 atom stereocenters. The molecule has 0 bridgehead atoms. The molecule has 21 heavy (non-hydrogen) atoms. The number of aromatic nitrogens is 2. The lowest BCUT2D eigenvalue weighted by molar-refractivity contribution is -0.141. The van der Waals surface area contributed by atoms with Gasteiger partial charge < -0.3 is 9.88 Å². The van der Waals surface area contributed by atoms with Crippen molar-refractivity contribution in [2.75, 3.05) is 5.32 Å². The minimum Gasteiger partial charge on any atom is -0.373 e. The van der Waals surface area contributed by atoms with E-state index in [0.29, 0.717) is 12.1 Å². The third-order valence-corrected chi connectivity index (χ3v) is 2.58. The van der Waals surface area contributed by atoms with Crippen LogP contribution >= 0.6 is 0 Å². The Hall–Kier alpha value is -2.19. The van der Waals surface area contributed by atoms with Gasteiger partial charge in [0, 0.05) is 24.5 Å². The molecule has 3 nitrogen and oxygen atoms in total. The number of hydrogen-bond acceptors (Lipinski definition) is 2. The minimum atomic E-state index is -4.44. The first-order valence-corrected chi connectivity index (χ1v) is 5.71. The van der Waals surface area contributed by atoms with Crippen LogP contribution in [0.3, 0.4) is 0 Å². The first-order valence-electron chi connectivity index (χ1n) is 5.71. The molecule has 1 aromatic carbocycles. The van der Waals surface area contributed by atoms with E-state index in [1.165, 1.54) is 0 Å². The summed E-state index contributed by atoms with van der Waals surface area (Å²) in [6, 6.07) is 0.932. The van der Waals surface area contributed by atoms with Gasteiger partial charge in [0.25, 0.3) is 0 Å². The van der Waals surface area contributed by atoms with E-state index in [1.54, 1.807) is 0 Å². The molecule has 0 unspecified atom stereocenters. The summed E-state index contributed by atoms with van der Waals surface area (Å²) in [5.74, 6) is -3.51. The molecule has 2 rings (SSSR count). The van der Waals surface area contributed by atoms with Crippen molar-refractivity contribution in [1.29, 1.82) is 0 Å². The third kappa shape index (κ3) is 3.89. The molecule has 0 aliphatic heterocycles. The fourth-order valence-electron chi connectivity index (χ4n) is 1.72. The highest BCUT2D eigenvalue weighted by Crippen LogP contribution is 2.22. The van der Waals surface area contributed by atoms with Gasteiger partial charge in [-0.1, -0.05) is 0 Å². The lowest BCUT2D eigenvalue weighted by atomic mass is 10.2. The first-order chi connectivity index (χ1) is 9.76. The van der Waals surface area contributed by atoms with Crippen LogP contribution in [0.4, 0.5) is 32.0 Å². The number of imidazole rings is 1. The molecule has 114 valence electrons. The van der Waals surface area contributed by atoms with Crippen molar-refractivity contribution in [2.45, 2.75) is 19.3 Å². The van der Waals surface area contributed by atoms with Crippen molar-refractivity contribution in [3.63, 3.8) is 0 Å². The number of anilines is 1. The number of rotatable bonds is 4. The average Bonchev–Trinajstić information content (AvgIpc) is 2.72. The second-order valence-electron chi connectivity index (χ2n) is 4.18. The molecule has 0 aliphatic rings. The van der Waals surface area contributed by atoms with Crippen LogP contribution in [0.5, 0.6) is 0 Å². The van der Waals surface area contributed by atoms with E-state index >= 15 is 0 Å². The van der Waals surface area contributed by atoms with E-state index in [2.05, 4.69) is 10.3 Å². The number of nitrogens with zero attached hydrogens (tertiary/aromatic N) is 2. The zero-order chi connectivity index (χ0) is 15.6. The molecule has 1 heterocycles. The van der Waals surface area contributed by atoms with Gasteiger partial charge >= 0.3 is 6.18 Å². The van der Waals surface area contributed by atoms with Crippen LogP contribution in [0, 0.1) is 17.5 Å². The second kappa shape index (κ2) is 5.66. The van der Waals surface area contributed by atoms with E-state index in [0.717, 1.165) is 17.0 Å². The number of nitrogens with one attached hydrogen (secondary N) is 1. The summed E-state index contributed by atoms with van der Waals surface area (Å²) in [6.07, 6.45) is -2.20. The van der Waals surface area contributed by atoms with E-state index in [-0.39, 0.29) is 12.4 Å². The number of alkyl halides is 3. The van der Waals surface area contributed by atoms with Crippen LogP contribution in [0.25, 0.3) is 0 Å². The van der Waals surface area contributed by atoms with Crippen molar-refractivity contribution in [3.05, 3.63) is 47.8 Å². The quantitative estimate of drug-likeness (QED) is 0.876. The SMILES string of the molecule is Fc1cc(F)c(NCc2nccn2CC(F)(F)F)c(F)c1. The smallest absolute Gasteiger partial charge is 0.373 e. The van der Waals surface area contributed by atoms with Crippen molar-refractivity contribution < 1.29 is 26.3 Å². The fraction of sp³-hybridized carbons (Fsp3) is 0.250. The van der Waals surface area contributed by atoms with Crippen LogP contribution < -0.4 is 5.32 Å². The summed E-state index contributed by atoms with van der Waals surface area (Å²) in [5, 5.41) is 2.27. The Morgan fingerprint density at radius 1 is 1.10 bits per heavy atom. The van der Waals surface area contributed by atoms with Crippen LogP contribution in [-0.4, -0.2) is 15.7 Å². The highest BCUT2D eigenvalue weighted by molar-refractivity contribution is 5.46. The van der Waals surface area contributed by atoms with Gasteiger partial charge in [0.05, 0.1) is 6.54 Å². The van der Waals surface area contributed by atoms with Crippen LogP contribution in [-0.2, 0) is 13.1 Å². The maximum atomic E-state index is 13.4. The van der Waals surface area contributed by atoms with Gasteiger partial charge in [0.15, 0.2) is 11.6 Å². The maximum absolute atomic E-state index is 13.4. The van der Waals surface area contributed by atoms with E-state index in [4.69, 9.17) is 0 Å². The minimum absolute atomic E-state index is 0.0598. The average molecular weight is 309 g/mol. The maximum Gasteiger partial charge on any atom is 0.406 e. The largest absolute Gasteiger partial charge is 0.406 e. The monoisotopic (exact) mass is 309 g/mol. The summed E-state index contributed by atoms with van der Waals surface area (Å²) < 4.78 is 77.2. The Labute approximate surface area is 115 Å². The number of halogens is 6. The summed E-state index contributed by atoms with van der Waals surface area (Å²) in [6.45, 7) is -1.61. The highest BCUT2D eigenvalue weighted by Gasteiger charge is 2.28. The highest BCUT2D eigenvalue weighted by atomic mass is 19.4. The Morgan fingerprint density at radius 2 is 1.71 bits per heavy atom. The van der Waals surface area contributed by atoms with Crippen LogP contribution in [0.2, 0.25) is 0 Å². The molecule has 0 saturated heterocycles. The number of benzene rings is 1. The molecular weight excluding hydrogens is 300 g/mol. The topological polar surface area (TPSA) is 29.9 Å². The molecule has 1 aromatic heterocycles. The summed E-state index contributed by atoms with van der Waals surface area (Å²) >= 11 is 0. The van der Waals surface area contributed by atoms with Crippen molar-refractivity contribution in [3.8, 4) is 0 Å². The van der Waals surface area contributed by atoms with Crippen LogP contribution in [0.15, 0.2) is 24.5 Å². The third-order valence-electron chi connectivity index (χ3n) is 2.58. The van der Waals surface area contributed by atoms with Gasteiger partial charge in [0.1, 0.15) is 23.9 Å². The molecule has 0 aliphatic carbocycles. The van der Waals surface area contributed by atoms with Gasteiger partial charge in [-0.05, 0) is 0 Å². The zero-order valence-electron chi connectivity index (χ0n) is 10.4. The Bertz CT molecular complexity index is 611. The normalized spacial score (nSPS) is 11.7. The summed E-state index contributed by atoms with van der Waals surface area (Å²) in [5.41, 5.74) is -0.627. The van der Waals surface area contributed by atoms with Gasteiger partial charge in [-0.15, -0.1) is 0 Å². The van der Waals surface area contributed by atoms with E-state index < -0.39 is 35.9 Å². The molecule has 0 spiro atoms. The van der Waals surface area contributed by atoms with Crippen molar-refractivity contribution in [1.82, 2.24) is 9.55 Å². The molecule has 9 heteroatoms. The predicted molar refractivity (Wildman–Crippen MR) is 61.9 cm³/mol. The van der Waals surface area contributed by atoms with Crippen LogP contribution in [0.1, 0.15) is 5.82 Å². The van der Waals surface area contributed by atoms with E-state index in [9.17, 15) is 26.3 Å². The zero-order valence-corrected chi connectivity index (χ0v) is 10.4. The molecule has 1 N–H and O–H groups in total. The van der Waals surface area contributed by atoms with Gasteiger partial charge in [-0.3, -0.25) is 0 Å². The standard InChI is InChI=1S/C12H9F6N3/c13-7-3-8(14)11(9(15)4-7)20-5-10-19-1-2-21(10)6-12(16,17)18/h1-4,20H,5-6H2. The molecule has 0 fully saturated rings. The lowest BCUT2D eigenvalue weighted by Gasteiger charge is -2.12. The Kier molecular flexibility index (Phi) is 4.10. The van der Waals surface area contributed by atoms with Gasteiger partial charge in [-0.25, -0.2) is 18.2 Å². The molecule has 0 amide bonds. The Morgan fingerprint density at radius 3 is 2.29 bits per heavy atom. The summed E-state index contributed by atoms with van der Waals surface area (Å²) in [7, 11) is 0. The van der Waals surface area contributed by atoms with E-state index in [1.807, 2.05) is 0 Å². The van der Waals surface area contributed by atoms with Crippen molar-refractivity contribution in [2.24, 2.45) is 0 Å². The molecule has 0 radical (unpaired) electrons.